The van der Waals surface area contributed by atoms with Gasteiger partial charge < -0.3 is 24.7 Å². The first-order chi connectivity index (χ1) is 18.9. The van der Waals surface area contributed by atoms with E-state index in [1.807, 2.05) is 41.3 Å². The molecular weight excluding hydrogens is 518 g/mol. The Bertz CT molecular complexity index is 1510. The van der Waals surface area contributed by atoms with Crippen LogP contribution in [-0.2, 0) is 4.79 Å². The number of para-hydroxylation sites is 2. The van der Waals surface area contributed by atoms with Gasteiger partial charge in [-0.2, -0.15) is 0 Å². The number of furan rings is 1. The van der Waals surface area contributed by atoms with Crippen molar-refractivity contribution in [2.24, 2.45) is 0 Å². The number of pyridine rings is 1. The number of nitro groups is 1. The quantitative estimate of drug-likeness (QED) is 0.165. The molecule has 0 radical (unpaired) electrons. The third-order valence-electron chi connectivity index (χ3n) is 6.42. The van der Waals surface area contributed by atoms with Crippen molar-refractivity contribution in [2.75, 3.05) is 19.0 Å². The van der Waals surface area contributed by atoms with E-state index in [1.54, 1.807) is 43.6 Å². The van der Waals surface area contributed by atoms with E-state index in [9.17, 15) is 14.9 Å². The minimum Gasteiger partial charge on any atom is -0.495 e. The first kappa shape index (κ1) is 25.9. The van der Waals surface area contributed by atoms with Crippen LogP contribution in [0.25, 0.3) is 11.3 Å². The highest BCUT2D eigenvalue weighted by Crippen LogP contribution is 2.40. The summed E-state index contributed by atoms with van der Waals surface area (Å²) in [5.41, 5.74) is 1.91. The van der Waals surface area contributed by atoms with Crippen LogP contribution in [0, 0.1) is 10.1 Å². The second kappa shape index (κ2) is 11.3. The predicted octanol–water partition coefficient (Wildman–Crippen LogP) is 5.26. The Labute approximate surface area is 229 Å². The Balaban J connectivity index is 1.41. The zero-order chi connectivity index (χ0) is 27.4. The van der Waals surface area contributed by atoms with Crippen molar-refractivity contribution in [3.05, 3.63) is 107 Å². The summed E-state index contributed by atoms with van der Waals surface area (Å²) in [6.45, 7) is 0.313. The van der Waals surface area contributed by atoms with Crippen molar-refractivity contribution in [1.82, 2.24) is 15.2 Å². The van der Waals surface area contributed by atoms with E-state index in [1.165, 1.54) is 12.1 Å². The molecule has 0 unspecified atom stereocenters. The predicted molar refractivity (Wildman–Crippen MR) is 149 cm³/mol. The number of hydrogen-bond acceptors (Lipinski definition) is 7. The fourth-order valence-electron chi connectivity index (χ4n) is 4.58. The Hall–Kier alpha value is -4.77. The molecule has 1 aliphatic heterocycles. The van der Waals surface area contributed by atoms with Crippen molar-refractivity contribution in [3.63, 3.8) is 0 Å². The van der Waals surface area contributed by atoms with Gasteiger partial charge in [-0.05, 0) is 48.6 Å². The Morgan fingerprint density at radius 3 is 2.74 bits per heavy atom. The average Bonchev–Trinajstić information content (AvgIpc) is 3.57. The zero-order valence-corrected chi connectivity index (χ0v) is 21.8. The van der Waals surface area contributed by atoms with Gasteiger partial charge in [0.15, 0.2) is 5.11 Å². The molecule has 4 aromatic rings. The smallest absolute Gasteiger partial charge is 0.270 e. The van der Waals surface area contributed by atoms with Crippen LogP contribution < -0.4 is 15.4 Å². The number of benzene rings is 2. The number of carbonyl (C=O) groups is 1. The molecule has 1 aliphatic rings. The monoisotopic (exact) mass is 543 g/mol. The van der Waals surface area contributed by atoms with Crippen molar-refractivity contribution < 1.29 is 18.9 Å². The molecule has 2 aromatic carbocycles. The number of non-ortho nitro benzene ring substituents is 1. The average molecular weight is 544 g/mol. The number of hydrogen-bond donors (Lipinski definition) is 2. The summed E-state index contributed by atoms with van der Waals surface area (Å²) in [5.74, 6) is 1.45. The second-order valence-electron chi connectivity index (χ2n) is 8.83. The van der Waals surface area contributed by atoms with Crippen LogP contribution in [0.5, 0.6) is 5.75 Å². The van der Waals surface area contributed by atoms with Crippen LogP contribution in [0.15, 0.2) is 89.5 Å². The SMILES string of the molecule is COc1ccccc1NC(=O)CCN1C(=S)N[C@H](c2ccccn2)[C@H]1c1ccc(-c2cccc([N+](=O)[O-])c2)o1. The molecule has 10 nitrogen and oxygen atoms in total. The molecule has 0 spiro atoms. The number of nitro benzene ring substituents is 1. The van der Waals surface area contributed by atoms with Gasteiger partial charge in [-0.3, -0.25) is 19.9 Å². The summed E-state index contributed by atoms with van der Waals surface area (Å²) in [4.78, 5) is 30.1. The Morgan fingerprint density at radius 1 is 1.15 bits per heavy atom. The number of carbonyl (C=O) groups excluding carboxylic acids is 1. The van der Waals surface area contributed by atoms with Gasteiger partial charge in [0.1, 0.15) is 23.3 Å². The summed E-state index contributed by atoms with van der Waals surface area (Å²) in [6, 6.07) is 22.0. The normalized spacial score (nSPS) is 16.5. The van der Waals surface area contributed by atoms with E-state index >= 15 is 0 Å². The maximum absolute atomic E-state index is 12.9. The first-order valence-electron chi connectivity index (χ1n) is 12.2. The molecule has 1 saturated heterocycles. The van der Waals surface area contributed by atoms with Crippen LogP contribution in [0.1, 0.15) is 30.0 Å². The van der Waals surface area contributed by atoms with Crippen LogP contribution in [0.4, 0.5) is 11.4 Å². The summed E-state index contributed by atoms with van der Waals surface area (Å²) in [5, 5.41) is 17.9. The molecule has 2 N–H and O–H groups in total. The summed E-state index contributed by atoms with van der Waals surface area (Å²) in [6.07, 6.45) is 1.86. The van der Waals surface area contributed by atoms with E-state index < -0.39 is 11.0 Å². The van der Waals surface area contributed by atoms with E-state index in [2.05, 4.69) is 15.6 Å². The van der Waals surface area contributed by atoms with Crippen LogP contribution in [0.3, 0.4) is 0 Å². The third kappa shape index (κ3) is 5.58. The van der Waals surface area contributed by atoms with Gasteiger partial charge in [-0.1, -0.05) is 30.3 Å². The lowest BCUT2D eigenvalue weighted by molar-refractivity contribution is -0.384. The summed E-state index contributed by atoms with van der Waals surface area (Å²) in [7, 11) is 1.55. The van der Waals surface area contributed by atoms with Gasteiger partial charge in [-0.15, -0.1) is 0 Å². The maximum Gasteiger partial charge on any atom is 0.270 e. The van der Waals surface area contributed by atoms with Gasteiger partial charge in [0.05, 0.1) is 29.5 Å². The highest BCUT2D eigenvalue weighted by atomic mass is 32.1. The van der Waals surface area contributed by atoms with Crippen molar-refractivity contribution in [1.29, 1.82) is 0 Å². The van der Waals surface area contributed by atoms with Crippen LogP contribution in [0.2, 0.25) is 0 Å². The molecule has 39 heavy (non-hydrogen) atoms. The van der Waals surface area contributed by atoms with Gasteiger partial charge in [0.25, 0.3) is 5.69 Å². The number of aromatic nitrogens is 1. The molecule has 1 amide bonds. The van der Waals surface area contributed by atoms with E-state index in [0.29, 0.717) is 40.2 Å². The number of rotatable bonds is 9. The van der Waals surface area contributed by atoms with E-state index in [0.717, 1.165) is 5.69 Å². The molecule has 0 saturated carbocycles. The van der Waals surface area contributed by atoms with Crippen LogP contribution >= 0.6 is 12.2 Å². The lowest BCUT2D eigenvalue weighted by Gasteiger charge is -2.26. The van der Waals surface area contributed by atoms with Gasteiger partial charge in [0.2, 0.25) is 5.91 Å². The Morgan fingerprint density at radius 2 is 1.97 bits per heavy atom. The fourth-order valence-corrected chi connectivity index (χ4v) is 4.91. The summed E-state index contributed by atoms with van der Waals surface area (Å²) < 4.78 is 11.6. The molecule has 5 rings (SSSR count). The fraction of sp³-hybridized carbons (Fsp3) is 0.179. The van der Waals surface area contributed by atoms with Crippen LogP contribution in [-0.4, -0.2) is 39.5 Å². The van der Waals surface area contributed by atoms with Crippen molar-refractivity contribution >= 4 is 34.6 Å². The van der Waals surface area contributed by atoms with E-state index in [-0.39, 0.29) is 24.1 Å². The maximum atomic E-state index is 12.9. The molecule has 11 heteroatoms. The minimum absolute atomic E-state index is 0.0248. The van der Waals surface area contributed by atoms with Crippen molar-refractivity contribution in [2.45, 2.75) is 18.5 Å². The molecular formula is C28H25N5O5S. The second-order valence-corrected chi connectivity index (χ2v) is 9.21. The zero-order valence-electron chi connectivity index (χ0n) is 20.9. The number of amides is 1. The highest BCUT2D eigenvalue weighted by molar-refractivity contribution is 7.80. The van der Waals surface area contributed by atoms with Gasteiger partial charge in [-0.25, -0.2) is 0 Å². The number of nitrogens with zero attached hydrogens (tertiary/aromatic N) is 3. The summed E-state index contributed by atoms with van der Waals surface area (Å²) >= 11 is 5.68. The molecule has 3 heterocycles. The lowest BCUT2D eigenvalue weighted by atomic mass is 10.0. The molecule has 0 aliphatic carbocycles. The topological polar surface area (TPSA) is 123 Å². The third-order valence-corrected chi connectivity index (χ3v) is 6.77. The molecule has 0 bridgehead atoms. The van der Waals surface area contributed by atoms with Gasteiger partial charge in [0, 0.05) is 36.9 Å². The number of methoxy groups -OCH3 is 1. The number of anilines is 1. The van der Waals surface area contributed by atoms with E-state index in [4.69, 9.17) is 21.4 Å². The molecule has 2 atom stereocenters. The minimum atomic E-state index is -0.443. The molecule has 2 aromatic heterocycles. The number of thiocarbonyl (C=S) groups is 1. The molecule has 198 valence electrons. The molecule has 1 fully saturated rings. The van der Waals surface area contributed by atoms with Gasteiger partial charge >= 0.3 is 0 Å². The lowest BCUT2D eigenvalue weighted by Crippen LogP contribution is -2.32. The first-order valence-corrected chi connectivity index (χ1v) is 12.6. The highest BCUT2D eigenvalue weighted by Gasteiger charge is 2.41. The van der Waals surface area contributed by atoms with Crippen molar-refractivity contribution in [3.8, 4) is 17.1 Å². The number of ether oxygens (including phenoxy) is 1. The number of nitrogens with one attached hydrogen (secondary N) is 2. The Kier molecular flexibility index (Phi) is 7.50. The largest absolute Gasteiger partial charge is 0.495 e. The standard InChI is InChI=1S/C28H25N5O5S/c1-37-23-11-3-2-9-20(23)30-25(34)14-16-32-27(26(31-28(32)39)21-10-4-5-15-29-21)24-13-12-22(38-24)18-7-6-8-19(17-18)33(35)36/h2-13,15,17,26-27H,14,16H2,1H3,(H,30,34)(H,31,39)/t26-,27-/m1/s1.